The molecule has 2 aromatic carbocycles. The van der Waals surface area contributed by atoms with Gasteiger partial charge >= 0.3 is 0 Å². The van der Waals surface area contributed by atoms with E-state index in [2.05, 4.69) is 5.32 Å². The van der Waals surface area contributed by atoms with Crippen LogP contribution in [0.2, 0.25) is 0 Å². The Morgan fingerprint density at radius 2 is 1.75 bits per heavy atom. The summed E-state index contributed by atoms with van der Waals surface area (Å²) in [6, 6.07) is 13.1. The highest BCUT2D eigenvalue weighted by molar-refractivity contribution is 6.37. The number of hydrogen-bond acceptors (Lipinski definition) is 5. The van der Waals surface area contributed by atoms with Gasteiger partial charge in [-0.05, 0) is 37.1 Å². The molecule has 1 aliphatic heterocycles. The van der Waals surface area contributed by atoms with E-state index in [9.17, 15) is 9.59 Å². The minimum atomic E-state index is -0.371. The molecule has 0 atom stereocenters. The highest BCUT2D eigenvalue weighted by Crippen LogP contribution is 2.35. The van der Waals surface area contributed by atoms with E-state index in [0.717, 1.165) is 16.8 Å². The molecule has 3 rings (SSSR count). The lowest BCUT2D eigenvalue weighted by Gasteiger charge is -2.15. The molecule has 6 heteroatoms. The van der Waals surface area contributed by atoms with Gasteiger partial charge in [0.1, 0.15) is 11.4 Å². The molecule has 0 aliphatic carbocycles. The van der Waals surface area contributed by atoms with Gasteiger partial charge in [-0.1, -0.05) is 30.3 Å². The molecule has 6 nitrogen and oxygen atoms in total. The van der Waals surface area contributed by atoms with Gasteiger partial charge in [0, 0.05) is 18.4 Å². The van der Waals surface area contributed by atoms with E-state index in [-0.39, 0.29) is 30.7 Å². The molecule has 0 saturated carbocycles. The lowest BCUT2D eigenvalue weighted by molar-refractivity contribution is -0.137. The number of anilines is 1. The topological polar surface area (TPSA) is 67.9 Å². The molecule has 28 heavy (non-hydrogen) atoms. The minimum absolute atomic E-state index is 0.185. The Kier molecular flexibility index (Phi) is 5.80. The Morgan fingerprint density at radius 3 is 2.46 bits per heavy atom. The molecule has 0 spiro atoms. The van der Waals surface area contributed by atoms with E-state index in [4.69, 9.17) is 9.47 Å². The first-order chi connectivity index (χ1) is 13.5. The molecule has 2 aromatic rings. The summed E-state index contributed by atoms with van der Waals surface area (Å²) in [6.07, 6.45) is 0. The number of hydrogen-bond donors (Lipinski definition) is 1. The predicted octanol–water partition coefficient (Wildman–Crippen LogP) is 3.15. The van der Waals surface area contributed by atoms with Crippen LogP contribution in [-0.4, -0.2) is 44.1 Å². The lowest BCUT2D eigenvalue weighted by Crippen LogP contribution is -2.35. The van der Waals surface area contributed by atoms with Crippen LogP contribution in [0.5, 0.6) is 5.75 Å². The Labute approximate surface area is 164 Å². The van der Waals surface area contributed by atoms with Crippen LogP contribution in [0.3, 0.4) is 0 Å². The number of ether oxygens (including phenoxy) is 2. The molecular formula is C22H24N2O4. The number of imide groups is 1. The van der Waals surface area contributed by atoms with Gasteiger partial charge in [0.15, 0.2) is 0 Å². The monoisotopic (exact) mass is 380 g/mol. The lowest BCUT2D eigenvalue weighted by atomic mass is 10.0. The van der Waals surface area contributed by atoms with Crippen molar-refractivity contribution in [1.29, 1.82) is 0 Å². The van der Waals surface area contributed by atoms with Crippen LogP contribution in [0.4, 0.5) is 5.69 Å². The number of rotatable bonds is 7. The third kappa shape index (κ3) is 3.64. The van der Waals surface area contributed by atoms with Crippen molar-refractivity contribution in [2.24, 2.45) is 0 Å². The van der Waals surface area contributed by atoms with E-state index < -0.39 is 0 Å². The molecular weight excluding hydrogens is 356 g/mol. The predicted molar refractivity (Wildman–Crippen MR) is 108 cm³/mol. The molecule has 2 amide bonds. The average Bonchev–Trinajstić information content (AvgIpc) is 2.92. The van der Waals surface area contributed by atoms with Crippen LogP contribution in [0.25, 0.3) is 5.57 Å². The standard InChI is InChI=1S/C22H24N2O4/c1-14-9-10-15(2)17(13-14)23-20-19(16-7-5-6-8-18(16)28-4)21(25)24(22(20)26)11-12-27-3/h5-10,13,23H,11-12H2,1-4H3. The highest BCUT2D eigenvalue weighted by Gasteiger charge is 2.40. The summed E-state index contributed by atoms with van der Waals surface area (Å²) in [5.41, 5.74) is 3.96. The summed E-state index contributed by atoms with van der Waals surface area (Å²) in [5.74, 6) is -0.198. The van der Waals surface area contributed by atoms with Gasteiger partial charge in [0.25, 0.3) is 11.8 Å². The number of amides is 2. The maximum absolute atomic E-state index is 13.1. The van der Waals surface area contributed by atoms with Crippen LogP contribution >= 0.6 is 0 Å². The van der Waals surface area contributed by atoms with Crippen LogP contribution < -0.4 is 10.1 Å². The van der Waals surface area contributed by atoms with Gasteiger partial charge in [-0.2, -0.15) is 0 Å². The van der Waals surface area contributed by atoms with Gasteiger partial charge in [-0.25, -0.2) is 0 Å². The average molecular weight is 380 g/mol. The van der Waals surface area contributed by atoms with Crippen LogP contribution in [0.15, 0.2) is 48.2 Å². The molecule has 0 radical (unpaired) electrons. The zero-order chi connectivity index (χ0) is 20.3. The molecule has 0 fully saturated rings. The fourth-order valence-corrected chi connectivity index (χ4v) is 3.18. The van der Waals surface area contributed by atoms with Crippen molar-refractivity contribution in [2.45, 2.75) is 13.8 Å². The number of nitrogens with zero attached hydrogens (tertiary/aromatic N) is 1. The van der Waals surface area contributed by atoms with Crippen molar-refractivity contribution in [3.05, 3.63) is 64.9 Å². The largest absolute Gasteiger partial charge is 0.496 e. The SMILES string of the molecule is COCCN1C(=O)C(Nc2cc(C)ccc2C)=C(c2ccccc2OC)C1=O. The number of para-hydroxylation sites is 1. The van der Waals surface area contributed by atoms with Gasteiger partial charge in [-0.15, -0.1) is 0 Å². The van der Waals surface area contributed by atoms with Crippen molar-refractivity contribution in [3.8, 4) is 5.75 Å². The van der Waals surface area contributed by atoms with Crippen molar-refractivity contribution in [3.63, 3.8) is 0 Å². The normalized spacial score (nSPS) is 14.1. The van der Waals surface area contributed by atoms with E-state index >= 15 is 0 Å². The summed E-state index contributed by atoms with van der Waals surface area (Å²) in [5, 5.41) is 3.21. The maximum Gasteiger partial charge on any atom is 0.278 e. The zero-order valence-electron chi connectivity index (χ0n) is 16.5. The molecule has 146 valence electrons. The summed E-state index contributed by atoms with van der Waals surface area (Å²) in [7, 11) is 3.08. The van der Waals surface area contributed by atoms with Crippen molar-refractivity contribution >= 4 is 23.1 Å². The summed E-state index contributed by atoms with van der Waals surface area (Å²) < 4.78 is 10.5. The Balaban J connectivity index is 2.13. The highest BCUT2D eigenvalue weighted by atomic mass is 16.5. The van der Waals surface area contributed by atoms with E-state index in [0.29, 0.717) is 16.9 Å². The minimum Gasteiger partial charge on any atom is -0.496 e. The Morgan fingerprint density at radius 1 is 1.00 bits per heavy atom. The van der Waals surface area contributed by atoms with Gasteiger partial charge in [0.2, 0.25) is 0 Å². The first-order valence-corrected chi connectivity index (χ1v) is 9.05. The van der Waals surface area contributed by atoms with Crippen LogP contribution in [-0.2, 0) is 14.3 Å². The molecule has 1 N–H and O–H groups in total. The number of carbonyl (C=O) groups excluding carboxylic acids is 2. The second-order valence-electron chi connectivity index (χ2n) is 6.65. The third-order valence-corrected chi connectivity index (χ3v) is 4.72. The second kappa shape index (κ2) is 8.27. The summed E-state index contributed by atoms with van der Waals surface area (Å²) in [6.45, 7) is 4.39. The first kappa shape index (κ1) is 19.6. The van der Waals surface area contributed by atoms with Gasteiger partial charge in [-0.3, -0.25) is 14.5 Å². The first-order valence-electron chi connectivity index (χ1n) is 9.05. The summed E-state index contributed by atoms with van der Waals surface area (Å²) >= 11 is 0. The number of aryl methyl sites for hydroxylation is 2. The molecule has 0 bridgehead atoms. The second-order valence-corrected chi connectivity index (χ2v) is 6.65. The Hall–Kier alpha value is -3.12. The molecule has 1 heterocycles. The molecule has 0 aromatic heterocycles. The molecule has 0 unspecified atom stereocenters. The smallest absolute Gasteiger partial charge is 0.278 e. The number of nitrogens with one attached hydrogen (secondary N) is 1. The fraction of sp³-hybridized carbons (Fsp3) is 0.273. The van der Waals surface area contributed by atoms with Crippen LogP contribution in [0, 0.1) is 13.8 Å². The van der Waals surface area contributed by atoms with Crippen molar-refractivity contribution in [2.75, 3.05) is 32.7 Å². The van der Waals surface area contributed by atoms with E-state index in [1.54, 1.807) is 19.2 Å². The third-order valence-electron chi connectivity index (χ3n) is 4.72. The van der Waals surface area contributed by atoms with Gasteiger partial charge in [0.05, 0.1) is 25.8 Å². The molecule has 1 aliphatic rings. The molecule has 0 saturated heterocycles. The number of benzene rings is 2. The quantitative estimate of drug-likeness (QED) is 0.748. The Bertz CT molecular complexity index is 949. The number of methoxy groups -OCH3 is 2. The maximum atomic E-state index is 13.1. The summed E-state index contributed by atoms with van der Waals surface area (Å²) in [4.78, 5) is 27.4. The van der Waals surface area contributed by atoms with Crippen molar-refractivity contribution in [1.82, 2.24) is 4.90 Å². The van der Waals surface area contributed by atoms with Gasteiger partial charge < -0.3 is 14.8 Å². The number of carbonyl (C=O) groups is 2. The van der Waals surface area contributed by atoms with Crippen LogP contribution in [0.1, 0.15) is 16.7 Å². The zero-order valence-corrected chi connectivity index (χ0v) is 16.5. The van der Waals surface area contributed by atoms with E-state index in [1.807, 2.05) is 44.2 Å². The fourth-order valence-electron chi connectivity index (χ4n) is 3.18. The van der Waals surface area contributed by atoms with E-state index in [1.165, 1.54) is 12.0 Å². The van der Waals surface area contributed by atoms with Crippen molar-refractivity contribution < 1.29 is 19.1 Å².